The molecule has 7 heteroatoms. The van der Waals surface area contributed by atoms with Crippen LogP contribution in [-0.4, -0.2) is 17.0 Å². The monoisotopic (exact) mass is 287 g/mol. The summed E-state index contributed by atoms with van der Waals surface area (Å²) in [4.78, 5) is 8.00. The van der Waals surface area contributed by atoms with Crippen molar-refractivity contribution in [3.63, 3.8) is 0 Å². The first kappa shape index (κ1) is 14.0. The summed E-state index contributed by atoms with van der Waals surface area (Å²) in [6.07, 6.45) is -2.89. The fourth-order valence-electron chi connectivity index (χ4n) is 1.66. The van der Waals surface area contributed by atoms with Crippen LogP contribution in [0.1, 0.15) is 16.1 Å². The zero-order valence-electron chi connectivity index (χ0n) is 10.4. The second-order valence-corrected chi connectivity index (χ2v) is 5.07. The van der Waals surface area contributed by atoms with E-state index in [1.54, 1.807) is 32.3 Å². The first-order chi connectivity index (χ1) is 8.93. The number of rotatable bonds is 3. The molecule has 2 heterocycles. The lowest BCUT2D eigenvalue weighted by atomic mass is 10.2. The number of hydrogen-bond donors (Lipinski definition) is 1. The van der Waals surface area contributed by atoms with Crippen LogP contribution in [0.3, 0.4) is 0 Å². The van der Waals surface area contributed by atoms with E-state index >= 15 is 0 Å². The molecule has 0 aliphatic heterocycles. The Bertz CT molecular complexity index is 578. The van der Waals surface area contributed by atoms with E-state index in [9.17, 15) is 13.2 Å². The molecule has 0 saturated heterocycles. The molecular formula is C12H12F3N3S. The van der Waals surface area contributed by atoms with Crippen LogP contribution in [0.25, 0.3) is 10.7 Å². The number of hydrogen-bond acceptors (Lipinski definition) is 4. The summed E-state index contributed by atoms with van der Waals surface area (Å²) in [5.74, 6) is 0. The second kappa shape index (κ2) is 5.26. The molecule has 0 fully saturated rings. The van der Waals surface area contributed by atoms with E-state index in [0.29, 0.717) is 10.7 Å². The maximum absolute atomic E-state index is 12.9. The van der Waals surface area contributed by atoms with Gasteiger partial charge in [0.25, 0.3) is 0 Å². The molecule has 0 radical (unpaired) electrons. The van der Waals surface area contributed by atoms with Crippen LogP contribution in [0, 0.1) is 6.92 Å². The molecule has 0 aliphatic carbocycles. The number of halogens is 3. The lowest BCUT2D eigenvalue weighted by Crippen LogP contribution is -2.12. The smallest absolute Gasteiger partial charge is 0.315 e. The van der Waals surface area contributed by atoms with Gasteiger partial charge in [-0.25, -0.2) is 4.98 Å². The van der Waals surface area contributed by atoms with E-state index < -0.39 is 11.9 Å². The first-order valence-corrected chi connectivity index (χ1v) is 6.38. The van der Waals surface area contributed by atoms with E-state index in [1.807, 2.05) is 0 Å². The summed E-state index contributed by atoms with van der Waals surface area (Å²) < 4.78 is 38.7. The average molecular weight is 287 g/mol. The Morgan fingerprint density at radius 2 is 2.11 bits per heavy atom. The van der Waals surface area contributed by atoms with Crippen LogP contribution < -0.4 is 5.32 Å². The van der Waals surface area contributed by atoms with Gasteiger partial charge in [0, 0.05) is 12.7 Å². The SMILES string of the molecule is CNCc1sc(-c2ncccc2C)nc1C(F)(F)F. The Balaban J connectivity index is 2.52. The first-order valence-electron chi connectivity index (χ1n) is 5.57. The highest BCUT2D eigenvalue weighted by molar-refractivity contribution is 7.15. The van der Waals surface area contributed by atoms with E-state index in [2.05, 4.69) is 15.3 Å². The zero-order chi connectivity index (χ0) is 14.0. The third-order valence-corrected chi connectivity index (χ3v) is 3.58. The standard InChI is InChI=1S/C12H12F3N3S/c1-7-4-3-5-17-9(7)11-18-10(12(13,14)15)8(19-11)6-16-2/h3-5,16H,6H2,1-2H3. The molecule has 0 aliphatic rings. The molecule has 2 aromatic heterocycles. The summed E-state index contributed by atoms with van der Waals surface area (Å²) in [5, 5.41) is 3.03. The van der Waals surface area contributed by atoms with Gasteiger partial charge in [-0.1, -0.05) is 6.07 Å². The van der Waals surface area contributed by atoms with Crippen molar-refractivity contribution in [2.75, 3.05) is 7.05 Å². The lowest BCUT2D eigenvalue weighted by molar-refractivity contribution is -0.141. The van der Waals surface area contributed by atoms with Crippen LogP contribution in [0.2, 0.25) is 0 Å². The van der Waals surface area contributed by atoms with Crippen molar-refractivity contribution in [1.29, 1.82) is 0 Å². The van der Waals surface area contributed by atoms with Gasteiger partial charge < -0.3 is 5.32 Å². The molecule has 1 N–H and O–H groups in total. The van der Waals surface area contributed by atoms with E-state index in [0.717, 1.165) is 16.9 Å². The summed E-state index contributed by atoms with van der Waals surface area (Å²) >= 11 is 1.02. The quantitative estimate of drug-likeness (QED) is 0.941. The van der Waals surface area contributed by atoms with E-state index in [4.69, 9.17) is 0 Å². The van der Waals surface area contributed by atoms with Crippen molar-refractivity contribution < 1.29 is 13.2 Å². The van der Waals surface area contributed by atoms with Gasteiger partial charge in [-0.15, -0.1) is 11.3 Å². The number of aryl methyl sites for hydroxylation is 1. The van der Waals surface area contributed by atoms with E-state index in [-0.39, 0.29) is 11.4 Å². The number of nitrogens with one attached hydrogen (secondary N) is 1. The molecule has 0 unspecified atom stereocenters. The molecule has 0 spiro atoms. The Kier molecular flexibility index (Phi) is 3.86. The second-order valence-electron chi connectivity index (χ2n) is 3.99. The Labute approximate surface area is 112 Å². The predicted molar refractivity (Wildman–Crippen MR) is 67.8 cm³/mol. The van der Waals surface area contributed by atoms with Crippen molar-refractivity contribution in [2.45, 2.75) is 19.6 Å². The molecule has 0 amide bonds. The highest BCUT2D eigenvalue weighted by Crippen LogP contribution is 2.37. The van der Waals surface area contributed by atoms with Gasteiger partial charge in [0.05, 0.1) is 4.88 Å². The maximum Gasteiger partial charge on any atom is 0.434 e. The van der Waals surface area contributed by atoms with E-state index in [1.165, 1.54) is 0 Å². The zero-order valence-corrected chi connectivity index (χ0v) is 11.2. The predicted octanol–water partition coefficient (Wildman–Crippen LogP) is 3.25. The highest BCUT2D eigenvalue weighted by Gasteiger charge is 2.37. The van der Waals surface area contributed by atoms with Crippen LogP contribution in [0.4, 0.5) is 13.2 Å². The van der Waals surface area contributed by atoms with Gasteiger partial charge in [0.1, 0.15) is 10.7 Å². The molecular weight excluding hydrogens is 275 g/mol. The van der Waals surface area contributed by atoms with Gasteiger partial charge >= 0.3 is 6.18 Å². The van der Waals surface area contributed by atoms with Crippen molar-refractivity contribution in [3.8, 4) is 10.7 Å². The van der Waals surface area contributed by atoms with Gasteiger partial charge in [0.2, 0.25) is 0 Å². The van der Waals surface area contributed by atoms with Gasteiger partial charge in [-0.2, -0.15) is 13.2 Å². The van der Waals surface area contributed by atoms with Crippen LogP contribution >= 0.6 is 11.3 Å². The number of nitrogens with zero attached hydrogens (tertiary/aromatic N) is 2. The minimum Gasteiger partial charge on any atom is -0.315 e. The van der Waals surface area contributed by atoms with Crippen molar-refractivity contribution in [3.05, 3.63) is 34.5 Å². The molecule has 0 aromatic carbocycles. The molecule has 0 bridgehead atoms. The molecule has 0 atom stereocenters. The lowest BCUT2D eigenvalue weighted by Gasteiger charge is -2.04. The minimum atomic E-state index is -4.44. The number of aromatic nitrogens is 2. The molecule has 3 nitrogen and oxygen atoms in total. The number of alkyl halides is 3. The topological polar surface area (TPSA) is 37.8 Å². The van der Waals surface area contributed by atoms with Gasteiger partial charge in [0.15, 0.2) is 5.69 Å². The van der Waals surface area contributed by atoms with Crippen molar-refractivity contribution in [2.24, 2.45) is 0 Å². The normalized spacial score (nSPS) is 11.8. The maximum atomic E-state index is 12.9. The molecule has 102 valence electrons. The van der Waals surface area contributed by atoms with Gasteiger partial charge in [-0.05, 0) is 25.6 Å². The molecule has 2 rings (SSSR count). The molecule has 19 heavy (non-hydrogen) atoms. The average Bonchev–Trinajstić information content (AvgIpc) is 2.74. The molecule has 2 aromatic rings. The van der Waals surface area contributed by atoms with Gasteiger partial charge in [-0.3, -0.25) is 4.98 Å². The van der Waals surface area contributed by atoms with Crippen LogP contribution in [0.5, 0.6) is 0 Å². The largest absolute Gasteiger partial charge is 0.434 e. The summed E-state index contributed by atoms with van der Waals surface area (Å²) in [6, 6.07) is 3.54. The highest BCUT2D eigenvalue weighted by atomic mass is 32.1. The van der Waals surface area contributed by atoms with Crippen molar-refractivity contribution in [1.82, 2.24) is 15.3 Å². The minimum absolute atomic E-state index is 0.137. The fraction of sp³-hybridized carbons (Fsp3) is 0.333. The van der Waals surface area contributed by atoms with Crippen molar-refractivity contribution >= 4 is 11.3 Å². The third kappa shape index (κ3) is 2.93. The Hall–Kier alpha value is -1.47. The summed E-state index contributed by atoms with van der Waals surface area (Å²) in [5.41, 5.74) is 0.480. The number of thiazole rings is 1. The Morgan fingerprint density at radius 3 is 2.68 bits per heavy atom. The third-order valence-electron chi connectivity index (χ3n) is 2.52. The Morgan fingerprint density at radius 1 is 1.37 bits per heavy atom. The fourth-order valence-corrected chi connectivity index (χ4v) is 2.82. The summed E-state index contributed by atoms with van der Waals surface area (Å²) in [6.45, 7) is 1.94. The summed E-state index contributed by atoms with van der Waals surface area (Å²) in [7, 11) is 1.60. The van der Waals surface area contributed by atoms with Crippen LogP contribution in [-0.2, 0) is 12.7 Å². The molecule has 0 saturated carbocycles. The van der Waals surface area contributed by atoms with Crippen LogP contribution in [0.15, 0.2) is 18.3 Å². The number of pyridine rings is 1.